The monoisotopic (exact) mass is 810 g/mol. The van der Waals surface area contributed by atoms with Gasteiger partial charge in [-0.15, -0.1) is 0 Å². The minimum absolute atomic E-state index is 0.0335. The molecular formula is C48H58N8O4. The maximum absolute atomic E-state index is 13.8. The van der Waals surface area contributed by atoms with Crippen molar-refractivity contribution in [3.05, 3.63) is 114 Å². The molecule has 3 fully saturated rings. The fourth-order valence-electron chi connectivity index (χ4n) is 9.29. The highest BCUT2D eigenvalue weighted by atomic mass is 16.5. The fraction of sp³-hybridized carbons (Fsp3) is 0.438. The summed E-state index contributed by atoms with van der Waals surface area (Å²) < 4.78 is 4.82. The Kier molecular flexibility index (Phi) is 11.6. The van der Waals surface area contributed by atoms with E-state index in [1.54, 1.807) is 0 Å². The second-order valence-corrected chi connectivity index (χ2v) is 17.6. The molecule has 5 aromatic rings. The molecule has 0 saturated carbocycles. The Hall–Kier alpha value is -5.91. The summed E-state index contributed by atoms with van der Waals surface area (Å²) in [4.78, 5) is 62.5. The number of alkyl carbamates (subject to hydrolysis) is 1. The number of nitrogens with zero attached hydrogens (tertiary/aromatic N) is 5. The molecule has 3 saturated heterocycles. The molecule has 2 aromatic heterocycles. The molecule has 5 heterocycles. The lowest BCUT2D eigenvalue weighted by Crippen LogP contribution is -2.60. The predicted octanol–water partition coefficient (Wildman–Crippen LogP) is 8.27. The average Bonchev–Trinajstić information content (AvgIpc) is 4.09. The van der Waals surface area contributed by atoms with Crippen molar-refractivity contribution >= 4 is 23.6 Å². The van der Waals surface area contributed by atoms with Crippen LogP contribution >= 0.6 is 0 Å². The Morgan fingerprint density at radius 1 is 0.717 bits per heavy atom. The number of H-pyrrole nitrogens is 2. The molecule has 314 valence electrons. The average molecular weight is 811 g/mol. The molecule has 8 rings (SSSR count). The molecule has 1 unspecified atom stereocenters. The summed E-state index contributed by atoms with van der Waals surface area (Å²) in [5.41, 5.74) is 7.21. The van der Waals surface area contributed by atoms with Crippen molar-refractivity contribution in [2.75, 3.05) is 38.2 Å². The molecule has 3 aliphatic rings. The number of amides is 3. The van der Waals surface area contributed by atoms with Gasteiger partial charge in [-0.25, -0.2) is 14.8 Å². The summed E-state index contributed by atoms with van der Waals surface area (Å²) in [6.45, 7) is 13.0. The second-order valence-electron chi connectivity index (χ2n) is 17.6. The summed E-state index contributed by atoms with van der Waals surface area (Å²) in [5, 5.41) is 2.74. The van der Waals surface area contributed by atoms with E-state index >= 15 is 0 Å². The number of benzene rings is 3. The zero-order valence-corrected chi connectivity index (χ0v) is 35.7. The number of rotatable bonds is 12. The van der Waals surface area contributed by atoms with Gasteiger partial charge >= 0.3 is 6.09 Å². The number of likely N-dealkylation sites (tertiary alicyclic amines) is 2. The Morgan fingerprint density at radius 3 is 1.75 bits per heavy atom. The lowest BCUT2D eigenvalue weighted by molar-refractivity contribution is -0.137. The third-order valence-electron chi connectivity index (χ3n) is 13.2. The highest BCUT2D eigenvalue weighted by molar-refractivity contribution is 5.86. The first-order valence-electron chi connectivity index (χ1n) is 21.5. The van der Waals surface area contributed by atoms with Gasteiger partial charge in [0.15, 0.2) is 0 Å². The van der Waals surface area contributed by atoms with E-state index in [1.807, 2.05) is 43.0 Å². The van der Waals surface area contributed by atoms with Gasteiger partial charge in [0.1, 0.15) is 17.7 Å². The number of methoxy groups -OCH3 is 1. The third-order valence-corrected chi connectivity index (χ3v) is 13.2. The molecule has 3 aromatic carbocycles. The lowest BCUT2D eigenvalue weighted by Gasteiger charge is -2.52. The predicted molar refractivity (Wildman–Crippen MR) is 233 cm³/mol. The van der Waals surface area contributed by atoms with Crippen molar-refractivity contribution in [1.82, 2.24) is 35.1 Å². The van der Waals surface area contributed by atoms with E-state index in [-0.39, 0.29) is 47.1 Å². The normalized spacial score (nSPS) is 19.7. The van der Waals surface area contributed by atoms with E-state index in [1.165, 1.54) is 23.9 Å². The van der Waals surface area contributed by atoms with Crippen LogP contribution in [0, 0.1) is 17.8 Å². The van der Waals surface area contributed by atoms with Gasteiger partial charge in [0.05, 0.1) is 48.4 Å². The number of anilines is 1. The molecule has 60 heavy (non-hydrogen) atoms. The zero-order chi connectivity index (χ0) is 42.1. The lowest BCUT2D eigenvalue weighted by atomic mass is 9.67. The first kappa shape index (κ1) is 40.9. The van der Waals surface area contributed by atoms with Crippen LogP contribution in [0.2, 0.25) is 0 Å². The number of carbonyl (C=O) groups is 3. The Bertz CT molecular complexity index is 2310. The van der Waals surface area contributed by atoms with Gasteiger partial charge < -0.3 is 34.7 Å². The molecule has 3 N–H and O–H groups in total. The molecule has 12 nitrogen and oxygen atoms in total. The molecule has 0 radical (unpaired) electrons. The number of carbonyl (C=O) groups excluding carboxylic acids is 3. The second kappa shape index (κ2) is 17.0. The number of imidazole rings is 2. The summed E-state index contributed by atoms with van der Waals surface area (Å²) in [6, 6.07) is 27.1. The number of hydrogen-bond donors (Lipinski definition) is 3. The zero-order valence-electron chi connectivity index (χ0n) is 35.7. The van der Waals surface area contributed by atoms with Gasteiger partial charge in [-0.3, -0.25) is 9.59 Å². The first-order valence-corrected chi connectivity index (χ1v) is 21.5. The summed E-state index contributed by atoms with van der Waals surface area (Å²) in [6.07, 6.45) is 6.67. The minimum atomic E-state index is -0.695. The number of aromatic amines is 2. The van der Waals surface area contributed by atoms with Crippen LogP contribution in [0.25, 0.3) is 22.5 Å². The van der Waals surface area contributed by atoms with Crippen LogP contribution in [0.3, 0.4) is 0 Å². The molecular weight excluding hydrogens is 753 g/mol. The van der Waals surface area contributed by atoms with E-state index in [4.69, 9.17) is 14.7 Å². The molecule has 4 atom stereocenters. The largest absolute Gasteiger partial charge is 0.453 e. The van der Waals surface area contributed by atoms with Crippen molar-refractivity contribution in [3.63, 3.8) is 0 Å². The summed E-state index contributed by atoms with van der Waals surface area (Å²) in [7, 11) is 1.30. The number of para-hydroxylation sites is 1. The summed E-state index contributed by atoms with van der Waals surface area (Å²) in [5.74, 6) is 1.80. The maximum atomic E-state index is 13.8. The number of nitrogens with one attached hydrogen (secondary N) is 3. The van der Waals surface area contributed by atoms with Crippen molar-refractivity contribution in [2.24, 2.45) is 17.8 Å². The van der Waals surface area contributed by atoms with Crippen molar-refractivity contribution < 1.29 is 19.1 Å². The van der Waals surface area contributed by atoms with Crippen molar-refractivity contribution in [1.29, 1.82) is 0 Å². The van der Waals surface area contributed by atoms with Gasteiger partial charge in [0.25, 0.3) is 0 Å². The molecule has 0 spiro atoms. The Morgan fingerprint density at radius 2 is 1.25 bits per heavy atom. The smallest absolute Gasteiger partial charge is 0.407 e. The van der Waals surface area contributed by atoms with Crippen LogP contribution in [-0.2, 0) is 19.7 Å². The number of hydrogen-bond acceptors (Lipinski definition) is 7. The van der Waals surface area contributed by atoms with Gasteiger partial charge in [0.2, 0.25) is 11.8 Å². The minimum Gasteiger partial charge on any atom is -0.453 e. The SMILES string of the molecule is COC(=O)N[C@H](C(=O)N1CCCC1c1ncc(-c2cccc(C3(c4cccc(-c5cnc([C@@H]6CCCN6C(=O)[C@@H](C)C(C)C)[nH]5)c4)CN(c4ccccc4)C3)c2)[nH]1)C(C)C. The van der Waals surface area contributed by atoms with Crippen LogP contribution in [0.15, 0.2) is 91.3 Å². The van der Waals surface area contributed by atoms with E-state index in [2.05, 4.69) is 113 Å². The molecule has 3 amide bonds. The number of aromatic nitrogens is 4. The quantitative estimate of drug-likeness (QED) is 0.115. The van der Waals surface area contributed by atoms with Crippen LogP contribution in [-0.4, -0.2) is 87.0 Å². The number of ether oxygens (including phenoxy) is 1. The highest BCUT2D eigenvalue weighted by Crippen LogP contribution is 2.45. The highest BCUT2D eigenvalue weighted by Gasteiger charge is 2.46. The first-order chi connectivity index (χ1) is 29.0. The molecule has 0 aliphatic carbocycles. The van der Waals surface area contributed by atoms with Gasteiger partial charge in [0, 0.05) is 37.8 Å². The van der Waals surface area contributed by atoms with Gasteiger partial charge in [-0.05, 0) is 84.0 Å². The van der Waals surface area contributed by atoms with Crippen molar-refractivity contribution in [2.45, 2.75) is 83.8 Å². The Balaban J connectivity index is 1.08. The van der Waals surface area contributed by atoms with Crippen LogP contribution < -0.4 is 10.2 Å². The molecule has 12 heteroatoms. The van der Waals surface area contributed by atoms with Gasteiger partial charge in [-0.2, -0.15) is 0 Å². The Labute approximate surface area is 353 Å². The third kappa shape index (κ3) is 7.79. The fourth-order valence-corrected chi connectivity index (χ4v) is 9.29. The van der Waals surface area contributed by atoms with Crippen molar-refractivity contribution in [3.8, 4) is 22.5 Å². The topological polar surface area (TPSA) is 140 Å². The van der Waals surface area contributed by atoms with Gasteiger partial charge in [-0.1, -0.05) is 89.2 Å². The van der Waals surface area contributed by atoms with E-state index in [0.29, 0.717) is 6.54 Å². The van der Waals surface area contributed by atoms with E-state index in [9.17, 15) is 14.4 Å². The summed E-state index contributed by atoms with van der Waals surface area (Å²) >= 11 is 0. The maximum Gasteiger partial charge on any atom is 0.407 e. The molecule has 3 aliphatic heterocycles. The van der Waals surface area contributed by atoms with Crippen LogP contribution in [0.1, 0.15) is 95.2 Å². The molecule has 0 bridgehead atoms. The van der Waals surface area contributed by atoms with E-state index in [0.717, 1.165) is 79.5 Å². The van der Waals surface area contributed by atoms with Crippen LogP contribution in [0.5, 0.6) is 0 Å². The van der Waals surface area contributed by atoms with E-state index < -0.39 is 12.1 Å². The van der Waals surface area contributed by atoms with Crippen LogP contribution in [0.4, 0.5) is 10.5 Å². The standard InChI is InChI=1S/C48H58N8O4/c1-30(2)32(5)45(57)55-22-12-20-40(55)43-49-26-38(51-43)33-14-10-16-35(24-33)48(28-54(29-48)37-18-8-7-9-19-37)36-17-11-15-34(25-36)39-27-50-44(52-39)41-21-13-23-56(41)46(58)42(31(3)4)53-47(59)60-6/h7-11,14-19,24-27,30-32,40-42H,12-13,20-23,28-29H2,1-6H3,(H,49,51)(H,50,52)(H,53,59)/t32-,40-,41?,42-/m0/s1.